The van der Waals surface area contributed by atoms with Gasteiger partial charge in [-0.2, -0.15) is 0 Å². The Morgan fingerprint density at radius 3 is 2.62 bits per heavy atom. The van der Waals surface area contributed by atoms with E-state index >= 15 is 0 Å². The Kier molecular flexibility index (Phi) is 2.17. The Bertz CT molecular complexity index is 335. The summed E-state index contributed by atoms with van der Waals surface area (Å²) in [6.45, 7) is 4.03. The number of aryl methyl sites for hydroxylation is 1. The van der Waals surface area contributed by atoms with Crippen molar-refractivity contribution in [3.05, 3.63) is 20.3 Å². The summed E-state index contributed by atoms with van der Waals surface area (Å²) in [5, 5.41) is 0.935. The van der Waals surface area contributed by atoms with Crippen LogP contribution in [-0.4, -0.2) is 0 Å². The minimum Gasteiger partial charge on any atom is -0.321 e. The number of rotatable bonds is 1. The third-order valence-electron chi connectivity index (χ3n) is 2.44. The van der Waals surface area contributed by atoms with E-state index in [0.29, 0.717) is 0 Å². The van der Waals surface area contributed by atoms with Crippen LogP contribution in [0.2, 0.25) is 5.02 Å². The van der Waals surface area contributed by atoms with Crippen molar-refractivity contribution in [3.63, 3.8) is 0 Å². The molecule has 1 aromatic rings. The average Bonchev–Trinajstić information content (AvgIpc) is 2.51. The van der Waals surface area contributed by atoms with Crippen LogP contribution in [0.3, 0.4) is 0 Å². The fourth-order valence-corrected chi connectivity index (χ4v) is 3.70. The highest BCUT2D eigenvalue weighted by Crippen LogP contribution is 2.42. The zero-order valence-corrected chi connectivity index (χ0v) is 9.56. The van der Waals surface area contributed by atoms with Gasteiger partial charge in [0.2, 0.25) is 0 Å². The maximum absolute atomic E-state index is 6.28. The van der Waals surface area contributed by atoms with Crippen molar-refractivity contribution in [3.8, 4) is 0 Å². The molecule has 0 amide bonds. The highest BCUT2D eigenvalue weighted by atomic mass is 35.5. The third kappa shape index (κ3) is 1.51. The fraction of sp³-hybridized carbons (Fsp3) is 0.600. The molecular formula is C10H14ClNS. The van der Waals surface area contributed by atoms with Gasteiger partial charge in [-0.05, 0) is 38.7 Å². The minimum absolute atomic E-state index is 0.286. The lowest BCUT2D eigenvalue weighted by atomic mass is 10.0. The maximum atomic E-state index is 6.28. The first kappa shape index (κ1) is 9.50. The van der Waals surface area contributed by atoms with Crippen molar-refractivity contribution in [1.29, 1.82) is 0 Å². The quantitative estimate of drug-likeness (QED) is 0.766. The molecule has 13 heavy (non-hydrogen) atoms. The molecule has 72 valence electrons. The van der Waals surface area contributed by atoms with E-state index in [4.69, 9.17) is 17.3 Å². The SMILES string of the molecule is CC(C)(N)c1sc2c(c1Cl)CCC2. The molecule has 2 N–H and O–H groups in total. The van der Waals surface area contributed by atoms with E-state index in [9.17, 15) is 0 Å². The zero-order valence-electron chi connectivity index (χ0n) is 7.98. The number of thiophene rings is 1. The maximum Gasteiger partial charge on any atom is 0.0598 e. The van der Waals surface area contributed by atoms with Gasteiger partial charge in [0, 0.05) is 15.3 Å². The third-order valence-corrected chi connectivity index (χ3v) is 4.60. The number of hydrogen-bond donors (Lipinski definition) is 1. The van der Waals surface area contributed by atoms with Crippen molar-refractivity contribution < 1.29 is 0 Å². The first-order valence-corrected chi connectivity index (χ1v) is 5.79. The first-order chi connectivity index (χ1) is 6.00. The molecule has 1 nitrogen and oxygen atoms in total. The highest BCUT2D eigenvalue weighted by Gasteiger charge is 2.27. The predicted molar refractivity (Wildman–Crippen MR) is 58.6 cm³/mol. The summed E-state index contributed by atoms with van der Waals surface area (Å²) in [6, 6.07) is 0. The Balaban J connectivity index is 2.51. The standard InChI is InChI=1S/C10H14ClNS/c1-10(2,12)9-8(11)6-4-3-5-7(6)13-9/h3-5,12H2,1-2H3. The summed E-state index contributed by atoms with van der Waals surface area (Å²) in [5.41, 5.74) is 7.12. The van der Waals surface area contributed by atoms with E-state index in [-0.39, 0.29) is 5.54 Å². The Morgan fingerprint density at radius 1 is 1.38 bits per heavy atom. The molecule has 0 fully saturated rings. The minimum atomic E-state index is -0.286. The summed E-state index contributed by atoms with van der Waals surface area (Å²) in [6.07, 6.45) is 3.59. The van der Waals surface area contributed by atoms with Crippen molar-refractivity contribution in [2.24, 2.45) is 5.73 Å². The fourth-order valence-electron chi connectivity index (χ4n) is 1.78. The molecule has 0 aromatic carbocycles. The molecule has 0 saturated carbocycles. The van der Waals surface area contributed by atoms with Gasteiger partial charge in [0.25, 0.3) is 0 Å². The van der Waals surface area contributed by atoms with Gasteiger partial charge in [-0.3, -0.25) is 0 Å². The lowest BCUT2D eigenvalue weighted by molar-refractivity contribution is 0.566. The average molecular weight is 216 g/mol. The van der Waals surface area contributed by atoms with E-state index in [1.165, 1.54) is 23.3 Å². The monoisotopic (exact) mass is 215 g/mol. The van der Waals surface area contributed by atoms with E-state index in [1.54, 1.807) is 11.3 Å². The molecule has 0 aliphatic heterocycles. The van der Waals surface area contributed by atoms with Crippen LogP contribution in [-0.2, 0) is 18.4 Å². The van der Waals surface area contributed by atoms with Crippen molar-refractivity contribution in [2.75, 3.05) is 0 Å². The van der Waals surface area contributed by atoms with Gasteiger partial charge < -0.3 is 5.73 Å². The van der Waals surface area contributed by atoms with Crippen LogP contribution >= 0.6 is 22.9 Å². The van der Waals surface area contributed by atoms with Crippen LogP contribution in [0.4, 0.5) is 0 Å². The summed E-state index contributed by atoms with van der Waals surface area (Å²) in [7, 11) is 0. The van der Waals surface area contributed by atoms with Gasteiger partial charge in [-0.1, -0.05) is 11.6 Å². The molecule has 0 unspecified atom stereocenters. The summed E-state index contributed by atoms with van der Waals surface area (Å²) < 4.78 is 0. The molecule has 1 heterocycles. The van der Waals surface area contributed by atoms with Crippen LogP contribution in [0.1, 0.15) is 35.6 Å². The zero-order chi connectivity index (χ0) is 9.64. The predicted octanol–water partition coefficient (Wildman–Crippen LogP) is 3.08. The van der Waals surface area contributed by atoms with Gasteiger partial charge in [-0.25, -0.2) is 0 Å². The van der Waals surface area contributed by atoms with Crippen molar-refractivity contribution in [2.45, 2.75) is 38.6 Å². The highest BCUT2D eigenvalue weighted by molar-refractivity contribution is 7.13. The first-order valence-electron chi connectivity index (χ1n) is 4.59. The second-order valence-corrected chi connectivity index (χ2v) is 5.71. The largest absolute Gasteiger partial charge is 0.321 e. The molecule has 0 spiro atoms. The van der Waals surface area contributed by atoms with E-state index in [1.807, 2.05) is 13.8 Å². The second-order valence-electron chi connectivity index (χ2n) is 4.22. The van der Waals surface area contributed by atoms with Gasteiger partial charge >= 0.3 is 0 Å². The van der Waals surface area contributed by atoms with Crippen molar-refractivity contribution >= 4 is 22.9 Å². The lowest BCUT2D eigenvalue weighted by Crippen LogP contribution is -2.27. The number of hydrogen-bond acceptors (Lipinski definition) is 2. The Morgan fingerprint density at radius 2 is 2.08 bits per heavy atom. The van der Waals surface area contributed by atoms with Crippen LogP contribution in [0.5, 0.6) is 0 Å². The molecule has 1 aliphatic rings. The topological polar surface area (TPSA) is 26.0 Å². The lowest BCUT2D eigenvalue weighted by Gasteiger charge is -2.17. The summed E-state index contributed by atoms with van der Waals surface area (Å²) in [4.78, 5) is 2.61. The molecule has 0 radical (unpaired) electrons. The number of nitrogens with two attached hydrogens (primary N) is 1. The normalized spacial score (nSPS) is 16.3. The van der Waals surface area contributed by atoms with Crippen LogP contribution in [0.15, 0.2) is 0 Å². The van der Waals surface area contributed by atoms with Gasteiger partial charge in [-0.15, -0.1) is 11.3 Å². The Hall–Kier alpha value is -0.0500. The molecule has 1 aliphatic carbocycles. The second kappa shape index (κ2) is 2.97. The summed E-state index contributed by atoms with van der Waals surface area (Å²) >= 11 is 8.08. The Labute approximate surface area is 87.9 Å². The molecule has 0 saturated heterocycles. The molecule has 0 bridgehead atoms. The number of fused-ring (bicyclic) bond motifs is 1. The molecular weight excluding hydrogens is 202 g/mol. The van der Waals surface area contributed by atoms with E-state index in [0.717, 1.165) is 16.3 Å². The smallest absolute Gasteiger partial charge is 0.0598 e. The van der Waals surface area contributed by atoms with Gasteiger partial charge in [0.05, 0.1) is 5.02 Å². The van der Waals surface area contributed by atoms with Crippen LogP contribution in [0.25, 0.3) is 0 Å². The molecule has 2 rings (SSSR count). The number of halogens is 1. The molecule has 1 aromatic heterocycles. The van der Waals surface area contributed by atoms with Crippen molar-refractivity contribution in [1.82, 2.24) is 0 Å². The molecule has 3 heteroatoms. The van der Waals surface area contributed by atoms with Gasteiger partial charge in [0.15, 0.2) is 0 Å². The van der Waals surface area contributed by atoms with E-state index < -0.39 is 0 Å². The summed E-state index contributed by atoms with van der Waals surface area (Å²) in [5.74, 6) is 0. The molecule has 0 atom stereocenters. The van der Waals surface area contributed by atoms with Gasteiger partial charge in [0.1, 0.15) is 0 Å². The van der Waals surface area contributed by atoms with Crippen LogP contribution in [0, 0.1) is 0 Å². The van der Waals surface area contributed by atoms with E-state index in [2.05, 4.69) is 0 Å². The van der Waals surface area contributed by atoms with Crippen LogP contribution < -0.4 is 5.73 Å².